The first-order valence-corrected chi connectivity index (χ1v) is 5.63. The molecule has 0 heterocycles. The van der Waals surface area contributed by atoms with E-state index in [1.54, 1.807) is 0 Å². The first kappa shape index (κ1) is 8.49. The van der Waals surface area contributed by atoms with Crippen molar-refractivity contribution in [3.8, 4) is 0 Å². The Bertz CT molecular complexity index is 198. The molecule has 0 aromatic heterocycles. The van der Waals surface area contributed by atoms with Gasteiger partial charge >= 0.3 is 0 Å². The number of hydrogen-bond acceptors (Lipinski definition) is 1. The first-order chi connectivity index (χ1) is 5.34. The molecule has 1 N–H and O–H groups in total. The van der Waals surface area contributed by atoms with Gasteiger partial charge < -0.3 is 4.80 Å². The highest BCUT2D eigenvalue weighted by Gasteiger charge is 2.02. The molecule has 0 amide bonds. The second-order valence-corrected chi connectivity index (χ2v) is 3.85. The minimum atomic E-state index is -0.777. The summed E-state index contributed by atoms with van der Waals surface area (Å²) in [6, 6.07) is 11.3. The van der Waals surface area contributed by atoms with Crippen molar-refractivity contribution in [2.45, 2.75) is 18.9 Å². The highest BCUT2D eigenvalue weighted by atomic mass is 28.2. The van der Waals surface area contributed by atoms with E-state index in [9.17, 15) is 0 Å². The van der Waals surface area contributed by atoms with Gasteiger partial charge in [-0.05, 0) is 17.5 Å². The average molecular weight is 166 g/mol. The normalized spacial score (nSPS) is 14.0. The maximum Gasteiger partial charge on any atom is 0.157 e. The van der Waals surface area contributed by atoms with Crippen LogP contribution in [0.2, 0.25) is 6.04 Å². The molecule has 0 saturated carbocycles. The Kier molecular flexibility index (Phi) is 3.33. The van der Waals surface area contributed by atoms with Crippen molar-refractivity contribution in [3.05, 3.63) is 35.9 Å². The van der Waals surface area contributed by atoms with Crippen molar-refractivity contribution >= 4 is 9.76 Å². The Labute approximate surface area is 70.0 Å². The quantitative estimate of drug-likeness (QED) is 0.671. The zero-order valence-electron chi connectivity index (χ0n) is 6.83. The molecule has 0 aliphatic rings. The van der Waals surface area contributed by atoms with Crippen molar-refractivity contribution in [1.82, 2.24) is 0 Å². The first-order valence-electron chi connectivity index (χ1n) is 4.00. The van der Waals surface area contributed by atoms with Crippen LogP contribution in [0.3, 0.4) is 0 Å². The molecular formula is C9H14OSi. The smallest absolute Gasteiger partial charge is 0.157 e. The third-order valence-electron chi connectivity index (χ3n) is 1.93. The zero-order valence-corrected chi connectivity index (χ0v) is 8.24. The van der Waals surface area contributed by atoms with Crippen LogP contribution >= 0.6 is 0 Å². The monoisotopic (exact) mass is 166 g/mol. The van der Waals surface area contributed by atoms with E-state index in [1.165, 1.54) is 5.56 Å². The summed E-state index contributed by atoms with van der Waals surface area (Å²) in [6.07, 6.45) is 0. The number of benzene rings is 1. The molecule has 0 fully saturated rings. The summed E-state index contributed by atoms with van der Waals surface area (Å²) in [7, 11) is -0.777. The van der Waals surface area contributed by atoms with Crippen LogP contribution in [0.15, 0.2) is 30.3 Å². The Morgan fingerprint density at radius 3 is 2.55 bits per heavy atom. The number of hydrogen-bond donors (Lipinski definition) is 1. The van der Waals surface area contributed by atoms with Crippen molar-refractivity contribution in [3.63, 3.8) is 0 Å². The van der Waals surface area contributed by atoms with Gasteiger partial charge in [0.05, 0.1) is 0 Å². The zero-order chi connectivity index (χ0) is 8.10. The van der Waals surface area contributed by atoms with Crippen molar-refractivity contribution in [2.24, 2.45) is 0 Å². The molecule has 1 atom stereocenters. The summed E-state index contributed by atoms with van der Waals surface area (Å²) >= 11 is 0. The van der Waals surface area contributed by atoms with E-state index < -0.39 is 9.76 Å². The second kappa shape index (κ2) is 4.31. The minimum Gasteiger partial charge on any atom is -0.438 e. The van der Waals surface area contributed by atoms with E-state index in [2.05, 4.69) is 19.1 Å². The molecule has 1 rings (SSSR count). The lowest BCUT2D eigenvalue weighted by Gasteiger charge is -2.08. The summed E-state index contributed by atoms with van der Waals surface area (Å²) in [5.74, 6) is 0.535. The molecule has 0 bridgehead atoms. The van der Waals surface area contributed by atoms with Gasteiger partial charge in [0, 0.05) is 0 Å². The molecule has 1 aromatic rings. The summed E-state index contributed by atoms with van der Waals surface area (Å²) < 4.78 is 0. The molecule has 1 aromatic carbocycles. The average Bonchev–Trinajstić information content (AvgIpc) is 2.07. The Morgan fingerprint density at radius 1 is 1.36 bits per heavy atom. The van der Waals surface area contributed by atoms with Crippen LogP contribution in [-0.4, -0.2) is 14.6 Å². The predicted octanol–water partition coefficient (Wildman–Crippen LogP) is 1.28. The van der Waals surface area contributed by atoms with Gasteiger partial charge in [0.1, 0.15) is 0 Å². The lowest BCUT2D eigenvalue weighted by Crippen LogP contribution is -1.97. The highest BCUT2D eigenvalue weighted by Crippen LogP contribution is 2.17. The maximum atomic E-state index is 8.84. The van der Waals surface area contributed by atoms with Gasteiger partial charge in [-0.15, -0.1) is 0 Å². The summed E-state index contributed by atoms with van der Waals surface area (Å²) in [5.41, 5.74) is 1.34. The molecule has 0 spiro atoms. The van der Waals surface area contributed by atoms with Crippen molar-refractivity contribution in [1.29, 1.82) is 0 Å². The third-order valence-corrected chi connectivity index (χ3v) is 3.05. The summed E-state index contributed by atoms with van der Waals surface area (Å²) in [5, 5.41) is 0. The van der Waals surface area contributed by atoms with E-state index in [4.69, 9.17) is 4.80 Å². The summed E-state index contributed by atoms with van der Waals surface area (Å²) in [6.45, 7) is 2.17. The van der Waals surface area contributed by atoms with E-state index >= 15 is 0 Å². The molecule has 2 heteroatoms. The fourth-order valence-corrected chi connectivity index (χ4v) is 1.86. The van der Waals surface area contributed by atoms with Gasteiger partial charge in [-0.3, -0.25) is 0 Å². The molecule has 60 valence electrons. The minimum absolute atomic E-state index is 0.535. The molecule has 1 unspecified atom stereocenters. The molecule has 0 aliphatic carbocycles. The van der Waals surface area contributed by atoms with Crippen LogP contribution in [0.1, 0.15) is 18.4 Å². The fraction of sp³-hybridized carbons (Fsp3) is 0.333. The van der Waals surface area contributed by atoms with Crippen LogP contribution in [0.4, 0.5) is 0 Å². The van der Waals surface area contributed by atoms with Gasteiger partial charge in [0.2, 0.25) is 0 Å². The van der Waals surface area contributed by atoms with E-state index in [1.807, 2.05) is 18.2 Å². The van der Waals surface area contributed by atoms with Gasteiger partial charge in [0.25, 0.3) is 0 Å². The fourth-order valence-electron chi connectivity index (χ4n) is 1.14. The molecule has 0 saturated heterocycles. The van der Waals surface area contributed by atoms with Crippen LogP contribution in [0.25, 0.3) is 0 Å². The second-order valence-electron chi connectivity index (χ2n) is 2.82. The topological polar surface area (TPSA) is 20.2 Å². The van der Waals surface area contributed by atoms with Crippen LogP contribution in [0, 0.1) is 0 Å². The van der Waals surface area contributed by atoms with Gasteiger partial charge in [-0.2, -0.15) is 0 Å². The van der Waals surface area contributed by atoms with Crippen molar-refractivity contribution in [2.75, 3.05) is 0 Å². The molecule has 0 radical (unpaired) electrons. The van der Waals surface area contributed by atoms with Gasteiger partial charge in [-0.1, -0.05) is 37.3 Å². The summed E-state index contributed by atoms with van der Waals surface area (Å²) in [4.78, 5) is 8.84. The SMILES string of the molecule is CC(C[SiH2]O)c1ccccc1. The van der Waals surface area contributed by atoms with E-state index in [0.717, 1.165) is 6.04 Å². The third kappa shape index (κ3) is 2.48. The Morgan fingerprint density at radius 2 is 2.00 bits per heavy atom. The largest absolute Gasteiger partial charge is 0.438 e. The van der Waals surface area contributed by atoms with Crippen molar-refractivity contribution < 1.29 is 4.80 Å². The molecule has 11 heavy (non-hydrogen) atoms. The molecule has 1 nitrogen and oxygen atoms in total. The highest BCUT2D eigenvalue weighted by molar-refractivity contribution is 6.25. The van der Waals surface area contributed by atoms with Crippen LogP contribution in [0.5, 0.6) is 0 Å². The Hall–Kier alpha value is -0.603. The van der Waals surface area contributed by atoms with Gasteiger partial charge in [-0.25, -0.2) is 0 Å². The predicted molar refractivity (Wildman–Crippen MR) is 50.4 cm³/mol. The molecule has 0 aliphatic heterocycles. The standard InChI is InChI=1S/C9H14OSi/c1-8(7-11-10)9-5-3-2-4-6-9/h2-6,8,10H,7,11H2,1H3. The van der Waals surface area contributed by atoms with E-state index in [-0.39, 0.29) is 0 Å². The van der Waals surface area contributed by atoms with Gasteiger partial charge in [0.15, 0.2) is 9.76 Å². The lowest BCUT2D eigenvalue weighted by molar-refractivity contribution is 0.591. The maximum absolute atomic E-state index is 8.84. The van der Waals surface area contributed by atoms with Crippen LogP contribution in [-0.2, 0) is 0 Å². The van der Waals surface area contributed by atoms with Crippen LogP contribution < -0.4 is 0 Å². The van der Waals surface area contributed by atoms with E-state index in [0.29, 0.717) is 5.92 Å². The number of rotatable bonds is 3. The lowest BCUT2D eigenvalue weighted by atomic mass is 10.0. The molecular weight excluding hydrogens is 152 g/mol. The Balaban J connectivity index is 2.61.